The van der Waals surface area contributed by atoms with Gasteiger partial charge in [0.05, 0.1) is 6.61 Å². The summed E-state index contributed by atoms with van der Waals surface area (Å²) in [7, 11) is 0. The van der Waals surface area contributed by atoms with E-state index in [9.17, 15) is 19.5 Å². The fraction of sp³-hybridized carbons (Fsp3) is 0.318. The molecular weight excluding hydrogens is 392 g/mol. The molecule has 4 N–H and O–H groups in total. The maximum atomic E-state index is 10.9. The molecule has 0 heterocycles. The highest BCUT2D eigenvalue weighted by molar-refractivity contribution is 5.77. The molecule has 0 amide bonds. The minimum atomic E-state index is -0.928. The van der Waals surface area contributed by atoms with Crippen LogP contribution in [0.1, 0.15) is 36.8 Å². The molecule has 0 aliphatic carbocycles. The Kier molecular flexibility index (Phi) is 8.22. The van der Waals surface area contributed by atoms with Gasteiger partial charge in [0.25, 0.3) is 0 Å². The van der Waals surface area contributed by atoms with Crippen molar-refractivity contribution in [3.8, 4) is 22.6 Å². The second kappa shape index (κ2) is 10.8. The van der Waals surface area contributed by atoms with Crippen molar-refractivity contribution >= 4 is 17.9 Å². The molecule has 0 unspecified atom stereocenters. The largest absolute Gasteiger partial charge is 0.507 e. The highest BCUT2D eigenvalue weighted by atomic mass is 16.5. The third-order valence-electron chi connectivity index (χ3n) is 4.44. The molecule has 0 aromatic heterocycles. The fourth-order valence-electron chi connectivity index (χ4n) is 2.93. The Hall–Kier alpha value is -3.55. The summed E-state index contributed by atoms with van der Waals surface area (Å²) in [6.45, 7) is 0.160. The molecule has 2 aromatic carbocycles. The maximum Gasteiger partial charge on any atom is 0.303 e. The van der Waals surface area contributed by atoms with E-state index in [4.69, 9.17) is 20.1 Å². The summed E-state index contributed by atoms with van der Waals surface area (Å²) in [6, 6.07) is 9.92. The molecule has 0 aliphatic heterocycles. The van der Waals surface area contributed by atoms with Gasteiger partial charge in [0.1, 0.15) is 11.5 Å². The third-order valence-corrected chi connectivity index (χ3v) is 4.44. The first kappa shape index (κ1) is 22.7. The normalized spacial score (nSPS) is 10.5. The highest BCUT2D eigenvalue weighted by Gasteiger charge is 2.14. The summed E-state index contributed by atoms with van der Waals surface area (Å²) in [5.74, 6) is -2.39. The number of hydrogen-bond donors (Lipinski definition) is 4. The summed E-state index contributed by atoms with van der Waals surface area (Å²) in [5, 5.41) is 37.0. The molecule has 0 saturated carbocycles. The molecule has 8 heteroatoms. The van der Waals surface area contributed by atoms with Crippen LogP contribution in [0.5, 0.6) is 11.5 Å². The van der Waals surface area contributed by atoms with Crippen LogP contribution < -0.4 is 4.74 Å². The SMILES string of the molecule is O=C(O)CCCOc1ccc(CCC(=O)O)cc1-c1cc(CCC(=O)O)ccc1O. The molecule has 2 aromatic rings. The van der Waals surface area contributed by atoms with E-state index in [0.717, 1.165) is 11.1 Å². The van der Waals surface area contributed by atoms with E-state index in [1.165, 1.54) is 6.07 Å². The number of phenols is 1. The van der Waals surface area contributed by atoms with Gasteiger partial charge in [-0.2, -0.15) is 0 Å². The Morgan fingerprint density at radius 3 is 1.83 bits per heavy atom. The van der Waals surface area contributed by atoms with Crippen molar-refractivity contribution in [2.24, 2.45) is 0 Å². The lowest BCUT2D eigenvalue weighted by Gasteiger charge is -2.15. The zero-order chi connectivity index (χ0) is 22.1. The van der Waals surface area contributed by atoms with Gasteiger partial charge in [0.2, 0.25) is 0 Å². The summed E-state index contributed by atoms with van der Waals surface area (Å²) < 4.78 is 5.73. The second-order valence-corrected chi connectivity index (χ2v) is 6.82. The van der Waals surface area contributed by atoms with E-state index in [2.05, 4.69) is 0 Å². The van der Waals surface area contributed by atoms with Crippen LogP contribution in [-0.2, 0) is 27.2 Å². The number of carboxylic acid groups (broad SMARTS) is 3. The monoisotopic (exact) mass is 416 g/mol. The molecule has 2 rings (SSSR count). The van der Waals surface area contributed by atoms with E-state index in [0.29, 0.717) is 29.7 Å². The Morgan fingerprint density at radius 1 is 0.733 bits per heavy atom. The first-order valence-corrected chi connectivity index (χ1v) is 9.49. The van der Waals surface area contributed by atoms with Crippen LogP contribution >= 0.6 is 0 Å². The third kappa shape index (κ3) is 7.12. The second-order valence-electron chi connectivity index (χ2n) is 6.82. The first-order chi connectivity index (χ1) is 14.3. The summed E-state index contributed by atoms with van der Waals surface area (Å²) >= 11 is 0. The van der Waals surface area contributed by atoms with Gasteiger partial charge in [-0.15, -0.1) is 0 Å². The topological polar surface area (TPSA) is 141 Å². The molecule has 0 saturated heterocycles. The number of hydrogen-bond acceptors (Lipinski definition) is 5. The standard InChI is InChI=1S/C22H24O8/c23-18-7-3-14(5-9-21(26)27)12-16(18)17-13-15(6-10-22(28)29)4-8-19(17)30-11-1-2-20(24)25/h3-4,7-8,12-13,23H,1-2,5-6,9-11H2,(H,24,25)(H,26,27)(H,28,29). The Balaban J connectivity index is 2.36. The molecule has 0 radical (unpaired) electrons. The highest BCUT2D eigenvalue weighted by Crippen LogP contribution is 2.38. The van der Waals surface area contributed by atoms with Crippen LogP contribution in [0.3, 0.4) is 0 Å². The Morgan fingerprint density at radius 2 is 1.27 bits per heavy atom. The van der Waals surface area contributed by atoms with Crippen LogP contribution in [0.15, 0.2) is 36.4 Å². The van der Waals surface area contributed by atoms with E-state index < -0.39 is 17.9 Å². The number of aromatic hydroxyl groups is 1. The van der Waals surface area contributed by atoms with E-state index in [1.807, 2.05) is 0 Å². The van der Waals surface area contributed by atoms with Gasteiger partial charge in [-0.1, -0.05) is 12.1 Å². The van der Waals surface area contributed by atoms with Crippen LogP contribution in [0, 0.1) is 0 Å². The zero-order valence-electron chi connectivity index (χ0n) is 16.3. The predicted molar refractivity (Wildman–Crippen MR) is 108 cm³/mol. The van der Waals surface area contributed by atoms with Crippen LogP contribution in [-0.4, -0.2) is 44.9 Å². The van der Waals surface area contributed by atoms with Crippen molar-refractivity contribution in [3.63, 3.8) is 0 Å². The fourth-order valence-corrected chi connectivity index (χ4v) is 2.93. The summed E-state index contributed by atoms with van der Waals surface area (Å²) in [5.41, 5.74) is 2.42. The lowest BCUT2D eigenvalue weighted by molar-refractivity contribution is -0.138. The molecule has 0 bridgehead atoms. The molecular formula is C22H24O8. The van der Waals surface area contributed by atoms with Crippen molar-refractivity contribution in [1.82, 2.24) is 0 Å². The Bertz CT molecular complexity index is 919. The van der Waals surface area contributed by atoms with Gasteiger partial charge in [-0.05, 0) is 54.7 Å². The molecule has 30 heavy (non-hydrogen) atoms. The number of phenolic OH excluding ortho intramolecular Hbond substituents is 1. The minimum Gasteiger partial charge on any atom is -0.507 e. The number of ether oxygens (including phenoxy) is 1. The lowest BCUT2D eigenvalue weighted by atomic mass is 9.96. The zero-order valence-corrected chi connectivity index (χ0v) is 16.3. The summed E-state index contributed by atoms with van der Waals surface area (Å²) in [4.78, 5) is 32.4. The van der Waals surface area contributed by atoms with Crippen molar-refractivity contribution in [3.05, 3.63) is 47.5 Å². The van der Waals surface area contributed by atoms with Gasteiger partial charge >= 0.3 is 17.9 Å². The number of rotatable bonds is 12. The lowest BCUT2D eigenvalue weighted by Crippen LogP contribution is -2.04. The number of carboxylic acids is 3. The average molecular weight is 416 g/mol. The molecule has 0 aliphatic rings. The van der Waals surface area contributed by atoms with E-state index in [1.54, 1.807) is 30.3 Å². The Labute approximate surface area is 173 Å². The predicted octanol–water partition coefficient (Wildman–Crippen LogP) is 3.34. The number of aliphatic carboxylic acids is 3. The molecule has 0 atom stereocenters. The summed E-state index contributed by atoms with van der Waals surface area (Å²) in [6.07, 6.45) is 0.740. The van der Waals surface area contributed by atoms with E-state index in [-0.39, 0.29) is 38.0 Å². The average Bonchev–Trinajstić information content (AvgIpc) is 2.69. The molecule has 0 fully saturated rings. The van der Waals surface area contributed by atoms with Gasteiger partial charge < -0.3 is 25.2 Å². The smallest absolute Gasteiger partial charge is 0.303 e. The van der Waals surface area contributed by atoms with E-state index >= 15 is 0 Å². The minimum absolute atomic E-state index is 0.0279. The molecule has 8 nitrogen and oxygen atoms in total. The maximum absolute atomic E-state index is 10.9. The molecule has 160 valence electrons. The van der Waals surface area contributed by atoms with Gasteiger partial charge in [-0.3, -0.25) is 14.4 Å². The van der Waals surface area contributed by atoms with Crippen molar-refractivity contribution in [2.75, 3.05) is 6.61 Å². The van der Waals surface area contributed by atoms with Gasteiger partial charge in [0.15, 0.2) is 0 Å². The molecule has 0 spiro atoms. The van der Waals surface area contributed by atoms with Gasteiger partial charge in [0, 0.05) is 30.4 Å². The van der Waals surface area contributed by atoms with Crippen LogP contribution in [0.2, 0.25) is 0 Å². The van der Waals surface area contributed by atoms with Gasteiger partial charge in [-0.25, -0.2) is 0 Å². The van der Waals surface area contributed by atoms with Crippen molar-refractivity contribution in [1.29, 1.82) is 0 Å². The van der Waals surface area contributed by atoms with Crippen molar-refractivity contribution < 1.29 is 39.5 Å². The quantitative estimate of drug-likeness (QED) is 0.386. The van der Waals surface area contributed by atoms with Crippen molar-refractivity contribution in [2.45, 2.75) is 38.5 Å². The van der Waals surface area contributed by atoms with Crippen LogP contribution in [0.25, 0.3) is 11.1 Å². The number of benzene rings is 2. The number of carbonyl (C=O) groups is 3. The first-order valence-electron chi connectivity index (χ1n) is 9.49. The van der Waals surface area contributed by atoms with Crippen LogP contribution in [0.4, 0.5) is 0 Å². The number of aryl methyl sites for hydroxylation is 2.